The Morgan fingerprint density at radius 2 is 1.87 bits per heavy atom. The van der Waals surface area contributed by atoms with Gasteiger partial charge >= 0.3 is 0 Å². The molecule has 0 aliphatic carbocycles. The average Bonchev–Trinajstić information content (AvgIpc) is 2.52. The number of ketones is 2. The Morgan fingerprint density at radius 3 is 2.35 bits per heavy atom. The second-order valence-corrected chi connectivity index (χ2v) is 6.41. The summed E-state index contributed by atoms with van der Waals surface area (Å²) in [6, 6.07) is 0. The quantitative estimate of drug-likeness (QED) is 0.524. The fourth-order valence-corrected chi connectivity index (χ4v) is 2.86. The fourth-order valence-electron chi connectivity index (χ4n) is 2.46. The average molecular weight is 366 g/mol. The van der Waals surface area contributed by atoms with Crippen LogP contribution in [0.5, 0.6) is 0 Å². The Labute approximate surface area is 145 Å². The molecule has 23 heavy (non-hydrogen) atoms. The van der Waals surface area contributed by atoms with Gasteiger partial charge in [0.05, 0.1) is 14.2 Å². The second kappa shape index (κ2) is 8.55. The molecule has 130 valence electrons. The van der Waals surface area contributed by atoms with Gasteiger partial charge < -0.3 is 9.47 Å². The van der Waals surface area contributed by atoms with Gasteiger partial charge in [0.15, 0.2) is 11.7 Å². The van der Waals surface area contributed by atoms with Crippen molar-refractivity contribution < 1.29 is 23.9 Å². The topological polar surface area (TPSA) is 81.7 Å². The molecule has 1 N–H and O–H groups in total. The highest BCUT2D eigenvalue weighted by molar-refractivity contribution is 6.28. The molecular weight excluding hydrogens is 345 g/mol. The van der Waals surface area contributed by atoms with Gasteiger partial charge in [0.1, 0.15) is 0 Å². The number of ether oxygens (including phenoxy) is 2. The number of halogens is 2. The van der Waals surface area contributed by atoms with Crippen molar-refractivity contribution >= 4 is 40.7 Å². The van der Waals surface area contributed by atoms with E-state index in [1.165, 1.54) is 14.2 Å². The van der Waals surface area contributed by atoms with Crippen LogP contribution in [0.1, 0.15) is 20.3 Å². The van der Waals surface area contributed by atoms with Crippen LogP contribution in [0.25, 0.3) is 0 Å². The summed E-state index contributed by atoms with van der Waals surface area (Å²) in [4.78, 5) is 37.0. The van der Waals surface area contributed by atoms with Gasteiger partial charge in [-0.2, -0.15) is 0 Å². The van der Waals surface area contributed by atoms with Crippen LogP contribution < -0.4 is 5.32 Å². The van der Waals surface area contributed by atoms with Crippen molar-refractivity contribution in [3.05, 3.63) is 11.6 Å². The molecule has 0 saturated carbocycles. The highest BCUT2D eigenvalue weighted by Crippen LogP contribution is 2.26. The summed E-state index contributed by atoms with van der Waals surface area (Å²) in [5, 5.41) is 2.09. The molecule has 0 fully saturated rings. The minimum Gasteiger partial charge on any atom is -0.489 e. The molecule has 4 atom stereocenters. The number of Topliss-reactive ketones (excluding diaryl/α,β-unsaturated/α-hetero) is 2. The summed E-state index contributed by atoms with van der Waals surface area (Å²) in [7, 11) is 2.57. The van der Waals surface area contributed by atoms with E-state index in [-0.39, 0.29) is 28.8 Å². The van der Waals surface area contributed by atoms with Crippen molar-refractivity contribution in [3.8, 4) is 0 Å². The van der Waals surface area contributed by atoms with E-state index in [4.69, 9.17) is 32.7 Å². The van der Waals surface area contributed by atoms with E-state index in [2.05, 4.69) is 5.32 Å². The molecule has 0 aromatic carbocycles. The Hall–Kier alpha value is -1.27. The van der Waals surface area contributed by atoms with Crippen LogP contribution in [0.2, 0.25) is 0 Å². The first kappa shape index (κ1) is 19.8. The maximum absolute atomic E-state index is 12.5. The zero-order valence-electron chi connectivity index (χ0n) is 13.5. The first-order valence-electron chi connectivity index (χ1n) is 7.19. The molecule has 1 aliphatic rings. The molecule has 1 aliphatic heterocycles. The molecule has 0 aromatic rings. The van der Waals surface area contributed by atoms with Gasteiger partial charge in [-0.15, -0.1) is 23.2 Å². The molecule has 4 unspecified atom stereocenters. The second-order valence-electron chi connectivity index (χ2n) is 5.54. The zero-order chi connectivity index (χ0) is 17.7. The van der Waals surface area contributed by atoms with E-state index >= 15 is 0 Å². The third-order valence-corrected chi connectivity index (χ3v) is 4.93. The number of hydrogen-bond donors (Lipinski definition) is 1. The van der Waals surface area contributed by atoms with E-state index in [0.717, 1.165) is 0 Å². The highest BCUT2D eigenvalue weighted by Gasteiger charge is 2.44. The number of alkyl halides is 2. The number of carbonyl (C=O) groups excluding carboxylic acids is 3. The summed E-state index contributed by atoms with van der Waals surface area (Å²) < 4.78 is 9.84. The molecule has 1 rings (SSSR count). The maximum Gasteiger partial charge on any atom is 0.245 e. The normalized spacial score (nSPS) is 22.3. The van der Waals surface area contributed by atoms with Crippen LogP contribution >= 0.6 is 23.2 Å². The van der Waals surface area contributed by atoms with E-state index in [1.807, 2.05) is 6.92 Å². The molecule has 0 aromatic heterocycles. The Kier molecular flexibility index (Phi) is 7.35. The number of allylic oxidation sites excluding steroid dienone is 1. The van der Waals surface area contributed by atoms with Crippen LogP contribution in [-0.2, 0) is 23.9 Å². The third kappa shape index (κ3) is 4.38. The molecule has 1 heterocycles. The van der Waals surface area contributed by atoms with Crippen molar-refractivity contribution in [1.29, 1.82) is 0 Å². The Bertz CT molecular complexity index is 520. The van der Waals surface area contributed by atoms with Gasteiger partial charge in [0.25, 0.3) is 0 Å². The van der Waals surface area contributed by atoms with Gasteiger partial charge in [-0.25, -0.2) is 0 Å². The SMILES string of the molecule is COC1=C(OC)C(=O)C(C(=O)C(C)CC(C)C(Cl)CCl)C(=O)N1. The lowest BCUT2D eigenvalue weighted by atomic mass is 9.83. The number of methoxy groups -OCH3 is 2. The minimum atomic E-state index is -1.43. The lowest BCUT2D eigenvalue weighted by Crippen LogP contribution is -2.48. The predicted octanol–water partition coefficient (Wildman–Crippen LogP) is 1.84. The van der Waals surface area contributed by atoms with E-state index in [1.54, 1.807) is 6.92 Å². The third-order valence-electron chi connectivity index (χ3n) is 3.86. The lowest BCUT2D eigenvalue weighted by molar-refractivity contribution is -0.144. The molecular formula is C15H21Cl2NO5. The van der Waals surface area contributed by atoms with E-state index in [9.17, 15) is 14.4 Å². The highest BCUT2D eigenvalue weighted by atomic mass is 35.5. The van der Waals surface area contributed by atoms with Crippen LogP contribution in [0.3, 0.4) is 0 Å². The van der Waals surface area contributed by atoms with Gasteiger partial charge in [0.2, 0.25) is 23.3 Å². The van der Waals surface area contributed by atoms with Crippen molar-refractivity contribution in [2.45, 2.75) is 25.6 Å². The molecule has 8 heteroatoms. The molecule has 6 nitrogen and oxygen atoms in total. The van der Waals surface area contributed by atoms with Crippen LogP contribution in [0.4, 0.5) is 0 Å². The number of amides is 1. The largest absolute Gasteiger partial charge is 0.489 e. The summed E-state index contributed by atoms with van der Waals surface area (Å²) in [6.45, 7) is 3.54. The summed E-state index contributed by atoms with van der Waals surface area (Å²) >= 11 is 11.8. The van der Waals surface area contributed by atoms with Crippen molar-refractivity contribution in [2.75, 3.05) is 20.1 Å². The molecule has 0 bridgehead atoms. The first-order valence-corrected chi connectivity index (χ1v) is 8.16. The summed E-state index contributed by atoms with van der Waals surface area (Å²) in [5.74, 6) is -3.84. The van der Waals surface area contributed by atoms with Gasteiger partial charge in [-0.3, -0.25) is 19.7 Å². The Balaban J connectivity index is 2.93. The Morgan fingerprint density at radius 1 is 1.26 bits per heavy atom. The summed E-state index contributed by atoms with van der Waals surface area (Å²) in [6.07, 6.45) is 0.431. The van der Waals surface area contributed by atoms with Gasteiger partial charge in [-0.05, 0) is 12.3 Å². The maximum atomic E-state index is 12.5. The molecule has 1 amide bonds. The van der Waals surface area contributed by atoms with Crippen molar-refractivity contribution in [3.63, 3.8) is 0 Å². The van der Waals surface area contributed by atoms with Crippen LogP contribution in [-0.4, -0.2) is 43.0 Å². The number of hydrogen-bond acceptors (Lipinski definition) is 5. The molecule has 0 spiro atoms. The van der Waals surface area contributed by atoms with Crippen LogP contribution in [0.15, 0.2) is 11.6 Å². The van der Waals surface area contributed by atoms with Gasteiger partial charge in [-0.1, -0.05) is 13.8 Å². The standard InChI is InChI=1S/C15H21Cl2NO5/c1-7(9(17)6-16)5-8(2)11(19)10-12(20)13(22-3)15(23-4)18-14(10)21/h7-10H,5-6H2,1-4H3,(H,18,21). The lowest BCUT2D eigenvalue weighted by Gasteiger charge is -2.26. The molecule has 0 radical (unpaired) electrons. The fraction of sp³-hybridized carbons (Fsp3) is 0.667. The zero-order valence-corrected chi connectivity index (χ0v) is 15.0. The van der Waals surface area contributed by atoms with Gasteiger partial charge in [0, 0.05) is 17.2 Å². The number of rotatable bonds is 8. The monoisotopic (exact) mass is 365 g/mol. The summed E-state index contributed by atoms with van der Waals surface area (Å²) in [5.41, 5.74) is 0. The van der Waals surface area contributed by atoms with E-state index < -0.39 is 29.3 Å². The van der Waals surface area contributed by atoms with Crippen molar-refractivity contribution in [2.24, 2.45) is 17.8 Å². The van der Waals surface area contributed by atoms with E-state index in [0.29, 0.717) is 6.42 Å². The van der Waals surface area contributed by atoms with Crippen molar-refractivity contribution in [1.82, 2.24) is 5.32 Å². The smallest absolute Gasteiger partial charge is 0.245 e. The number of carbonyl (C=O) groups is 3. The minimum absolute atomic E-state index is 0.0261. The number of nitrogens with one attached hydrogen (secondary N) is 1. The predicted molar refractivity (Wildman–Crippen MR) is 86.0 cm³/mol. The molecule has 0 saturated heterocycles. The van der Waals surface area contributed by atoms with Crippen LogP contribution in [0, 0.1) is 17.8 Å². The first-order chi connectivity index (χ1) is 10.8.